The predicted molar refractivity (Wildman–Crippen MR) is 118 cm³/mol. The van der Waals surface area contributed by atoms with Gasteiger partial charge in [-0.3, -0.25) is 39.6 Å². The summed E-state index contributed by atoms with van der Waals surface area (Å²) >= 11 is 0. The third-order valence-corrected chi connectivity index (χ3v) is 4.55. The summed E-state index contributed by atoms with van der Waals surface area (Å²) in [5.74, 6) is -5.67. The Morgan fingerprint density at radius 3 is 2.03 bits per heavy atom. The minimum atomic E-state index is -1.60. The van der Waals surface area contributed by atoms with Gasteiger partial charge < -0.3 is 41.6 Å². The van der Waals surface area contributed by atoms with Crippen LogP contribution in [0.25, 0.3) is 0 Å². The number of hydrogen-bond acceptors (Lipinski definition) is 9. The molecule has 0 aromatic rings. The van der Waals surface area contributed by atoms with E-state index in [1.807, 2.05) is 5.43 Å². The number of carbonyl (C=O) groups is 7. The van der Waals surface area contributed by atoms with Gasteiger partial charge in [-0.15, -0.1) is 0 Å². The maximum absolute atomic E-state index is 12.5. The highest BCUT2D eigenvalue weighted by atomic mass is 16.5. The van der Waals surface area contributed by atoms with Crippen LogP contribution in [0.3, 0.4) is 0 Å². The molecule has 1 saturated heterocycles. The van der Waals surface area contributed by atoms with E-state index in [1.165, 1.54) is 0 Å². The number of hydrazine groups is 1. The van der Waals surface area contributed by atoms with Crippen LogP contribution in [0.1, 0.15) is 26.2 Å². The van der Waals surface area contributed by atoms with Crippen molar-refractivity contribution in [3.63, 3.8) is 0 Å². The van der Waals surface area contributed by atoms with E-state index >= 15 is 0 Å². The van der Waals surface area contributed by atoms with Crippen molar-refractivity contribution in [2.45, 2.75) is 44.3 Å². The Morgan fingerprint density at radius 1 is 0.861 bits per heavy atom. The summed E-state index contributed by atoms with van der Waals surface area (Å²) < 4.78 is 10.4. The normalized spacial score (nSPS) is 23.9. The molecule has 17 nitrogen and oxygen atoms in total. The monoisotopic (exact) mass is 517 g/mol. The smallest absolute Gasteiger partial charge is 0.316 e. The van der Waals surface area contributed by atoms with Crippen molar-refractivity contribution in [1.29, 1.82) is 0 Å². The quantitative estimate of drug-likeness (QED) is 0.174. The minimum Gasteiger partial charge on any atom is -0.481 e. The molecule has 0 radical (unpaired) electrons. The first-order chi connectivity index (χ1) is 17.0. The Bertz CT molecular complexity index is 837. The van der Waals surface area contributed by atoms with Crippen LogP contribution >= 0.6 is 0 Å². The van der Waals surface area contributed by atoms with Gasteiger partial charge in [0.2, 0.25) is 17.7 Å². The van der Waals surface area contributed by atoms with Gasteiger partial charge in [-0.25, -0.2) is 4.79 Å². The lowest BCUT2D eigenvalue weighted by atomic mass is 10.1. The Balaban J connectivity index is 3.01. The lowest BCUT2D eigenvalue weighted by molar-refractivity contribution is -0.139. The first kappa shape index (κ1) is 30.0. The number of carbonyl (C=O) groups excluding carboxylic acids is 6. The van der Waals surface area contributed by atoms with Gasteiger partial charge >= 0.3 is 12.0 Å². The van der Waals surface area contributed by atoms with Crippen LogP contribution < -0.4 is 37.9 Å². The zero-order chi connectivity index (χ0) is 27.1. The van der Waals surface area contributed by atoms with Crippen LogP contribution in [0.5, 0.6) is 0 Å². The van der Waals surface area contributed by atoms with E-state index in [2.05, 4.69) is 26.7 Å². The number of hydrogen-bond donors (Lipinski definition) is 8. The Hall–Kier alpha value is -3.99. The van der Waals surface area contributed by atoms with Crippen molar-refractivity contribution >= 4 is 41.5 Å². The fourth-order valence-corrected chi connectivity index (χ4v) is 2.79. The summed E-state index contributed by atoms with van der Waals surface area (Å²) in [7, 11) is 0. The number of amides is 7. The molecule has 0 aromatic heterocycles. The number of aliphatic carboxylic acids is 1. The average Bonchev–Trinajstić information content (AvgIpc) is 2.80. The van der Waals surface area contributed by atoms with Crippen molar-refractivity contribution in [3.05, 3.63) is 0 Å². The molecule has 0 unspecified atom stereocenters. The molecule has 1 aliphatic heterocycles. The third-order valence-electron chi connectivity index (χ3n) is 4.55. The summed E-state index contributed by atoms with van der Waals surface area (Å²) in [5.41, 5.74) is 9.19. The zero-order valence-corrected chi connectivity index (χ0v) is 19.6. The second-order valence-corrected chi connectivity index (χ2v) is 7.45. The maximum Gasteiger partial charge on any atom is 0.316 e. The van der Waals surface area contributed by atoms with Crippen LogP contribution in [-0.4, -0.2) is 97.7 Å². The van der Waals surface area contributed by atoms with Crippen molar-refractivity contribution in [1.82, 2.24) is 32.1 Å². The predicted octanol–water partition coefficient (Wildman–Crippen LogP) is -4.42. The van der Waals surface area contributed by atoms with Crippen molar-refractivity contribution in [2.75, 3.05) is 33.0 Å². The van der Waals surface area contributed by atoms with Crippen molar-refractivity contribution in [3.8, 4) is 0 Å². The molecule has 0 aromatic carbocycles. The van der Waals surface area contributed by atoms with Crippen molar-refractivity contribution < 1.29 is 48.1 Å². The number of ether oxygens (including phenoxy) is 2. The molecule has 36 heavy (non-hydrogen) atoms. The van der Waals surface area contributed by atoms with Gasteiger partial charge in [0.15, 0.2) is 0 Å². The zero-order valence-electron chi connectivity index (χ0n) is 19.6. The second-order valence-electron chi connectivity index (χ2n) is 7.45. The number of nitrogens with two attached hydrogens (primary N) is 1. The molecule has 3 atom stereocenters. The SMILES string of the molecule is CC[C@@H]1NC(=O)COCCOCCNC(=O)[C@H](CC(=O)O)NC(=O)N[C@@H](CC(N)=O)C(=O)NNC1=O. The number of carboxylic acid groups (broad SMARTS) is 1. The molecule has 17 heteroatoms. The lowest BCUT2D eigenvalue weighted by Gasteiger charge is -2.22. The fourth-order valence-electron chi connectivity index (χ4n) is 2.79. The summed E-state index contributed by atoms with van der Waals surface area (Å²) in [5, 5.41) is 18.1. The lowest BCUT2D eigenvalue weighted by Crippen LogP contribution is -2.59. The molecule has 0 aliphatic carbocycles. The summed E-state index contributed by atoms with van der Waals surface area (Å²) in [6.07, 6.45) is -1.31. The fraction of sp³-hybridized carbons (Fsp3) is 0.632. The van der Waals surface area contributed by atoms with E-state index in [9.17, 15) is 33.6 Å². The number of carboxylic acids is 1. The first-order valence-corrected chi connectivity index (χ1v) is 10.9. The number of nitrogens with one attached hydrogen (secondary N) is 6. The molecule has 1 fully saturated rings. The minimum absolute atomic E-state index is 0.0201. The highest BCUT2D eigenvalue weighted by Gasteiger charge is 2.28. The molecule has 1 aliphatic rings. The molecular formula is C19H31N7O10. The van der Waals surface area contributed by atoms with E-state index in [1.54, 1.807) is 6.92 Å². The van der Waals surface area contributed by atoms with Crippen LogP contribution in [0.15, 0.2) is 0 Å². The molecule has 202 valence electrons. The van der Waals surface area contributed by atoms with Gasteiger partial charge in [0.1, 0.15) is 24.7 Å². The summed E-state index contributed by atoms with van der Waals surface area (Å²) in [4.78, 5) is 84.0. The summed E-state index contributed by atoms with van der Waals surface area (Å²) in [6, 6.07) is -5.31. The van der Waals surface area contributed by atoms with E-state index in [-0.39, 0.29) is 39.4 Å². The molecular weight excluding hydrogens is 486 g/mol. The van der Waals surface area contributed by atoms with Gasteiger partial charge in [-0.1, -0.05) is 6.92 Å². The number of primary amides is 1. The third kappa shape index (κ3) is 11.9. The Labute approximate surface area is 205 Å². The van der Waals surface area contributed by atoms with Gasteiger partial charge in [0.25, 0.3) is 11.8 Å². The summed E-state index contributed by atoms with van der Waals surface area (Å²) in [6.45, 7) is 1.33. The maximum atomic E-state index is 12.5. The van der Waals surface area contributed by atoms with Crippen LogP contribution in [0, 0.1) is 0 Å². The van der Waals surface area contributed by atoms with Crippen molar-refractivity contribution in [2.24, 2.45) is 5.73 Å². The van der Waals surface area contributed by atoms with E-state index < -0.39 is 72.5 Å². The molecule has 7 amide bonds. The average molecular weight is 517 g/mol. The molecule has 1 rings (SSSR count). The standard InChI is InChI=1S/C19H31N7O10/c1-2-10-17(32)25-26-18(33)11(7-13(20)27)23-19(34)24-12(8-15(29)30)16(31)21-3-4-35-5-6-36-9-14(28)22-10/h10-12H,2-9H2,1H3,(H2,20,27)(H,21,31)(H,22,28)(H,25,32)(H,26,33)(H,29,30)(H2,23,24,34)/t10-,11-,12-/m0/s1. The van der Waals surface area contributed by atoms with Gasteiger partial charge in [0.05, 0.1) is 32.7 Å². The molecule has 0 spiro atoms. The molecule has 0 bridgehead atoms. The number of rotatable bonds is 5. The van der Waals surface area contributed by atoms with Gasteiger partial charge in [-0.05, 0) is 6.42 Å². The molecule has 9 N–H and O–H groups in total. The Morgan fingerprint density at radius 2 is 1.44 bits per heavy atom. The Kier molecular flexibility index (Phi) is 13.2. The van der Waals surface area contributed by atoms with E-state index in [0.717, 1.165) is 0 Å². The first-order valence-electron chi connectivity index (χ1n) is 10.9. The molecule has 0 saturated carbocycles. The number of urea groups is 1. The highest BCUT2D eigenvalue weighted by Crippen LogP contribution is 1.97. The largest absolute Gasteiger partial charge is 0.481 e. The topological polar surface area (TPSA) is 256 Å². The van der Waals surface area contributed by atoms with E-state index in [0.29, 0.717) is 0 Å². The second kappa shape index (κ2) is 15.8. The van der Waals surface area contributed by atoms with Gasteiger partial charge in [-0.2, -0.15) is 0 Å². The van der Waals surface area contributed by atoms with Crippen LogP contribution in [0.4, 0.5) is 4.79 Å². The highest BCUT2D eigenvalue weighted by molar-refractivity contribution is 5.95. The van der Waals surface area contributed by atoms with Gasteiger partial charge in [0, 0.05) is 6.54 Å². The van der Waals surface area contributed by atoms with Crippen LogP contribution in [-0.2, 0) is 38.2 Å². The van der Waals surface area contributed by atoms with E-state index in [4.69, 9.17) is 20.3 Å². The molecule has 1 heterocycles. The van der Waals surface area contributed by atoms with Crippen LogP contribution in [0.2, 0.25) is 0 Å².